The maximum atomic E-state index is 13.8. The number of likely N-dealkylation sites (tertiary alicyclic amines) is 1. The molecule has 1 fully saturated rings. The van der Waals surface area contributed by atoms with Crippen LogP contribution in [0, 0.1) is 0 Å². The Morgan fingerprint density at radius 1 is 1.06 bits per heavy atom. The number of fused-ring (bicyclic) bond motifs is 1. The number of rotatable bonds is 8. The molecule has 4 rings (SSSR count). The molecule has 10 heteroatoms. The predicted molar refractivity (Wildman–Crippen MR) is 132 cm³/mol. The van der Waals surface area contributed by atoms with E-state index in [1.807, 2.05) is 6.92 Å². The lowest BCUT2D eigenvalue weighted by Gasteiger charge is -2.19. The van der Waals surface area contributed by atoms with Crippen LogP contribution in [0.25, 0.3) is 22.2 Å². The van der Waals surface area contributed by atoms with E-state index in [4.69, 9.17) is 32.7 Å². The predicted octanol–water partition coefficient (Wildman–Crippen LogP) is 4.31. The minimum absolute atomic E-state index is 0.234. The van der Waals surface area contributed by atoms with Crippen LogP contribution < -0.4 is 20.3 Å². The SMILES string of the molecule is CCNc1ncc2cc(-c3c(Cl)c(OC)cc(OC)c3Cl)c(=O)n(CCN3CCCC3)c2n1. The van der Waals surface area contributed by atoms with Gasteiger partial charge < -0.3 is 19.7 Å². The number of hydrogen-bond acceptors (Lipinski definition) is 7. The molecule has 1 aliphatic rings. The minimum atomic E-state index is -0.234. The molecule has 0 saturated carbocycles. The highest BCUT2D eigenvalue weighted by Crippen LogP contribution is 2.45. The third-order valence-electron chi connectivity index (χ3n) is 5.84. The van der Waals surface area contributed by atoms with Crippen LogP contribution in [-0.2, 0) is 6.54 Å². The topological polar surface area (TPSA) is 81.5 Å². The third-order valence-corrected chi connectivity index (χ3v) is 6.59. The molecule has 0 amide bonds. The average molecular weight is 492 g/mol. The first-order valence-electron chi connectivity index (χ1n) is 11.0. The summed E-state index contributed by atoms with van der Waals surface area (Å²) in [5.74, 6) is 1.22. The van der Waals surface area contributed by atoms with Crippen LogP contribution in [0.5, 0.6) is 11.5 Å². The van der Waals surface area contributed by atoms with Crippen LogP contribution in [0.2, 0.25) is 10.0 Å². The van der Waals surface area contributed by atoms with E-state index in [-0.39, 0.29) is 15.6 Å². The minimum Gasteiger partial charge on any atom is -0.495 e. The maximum absolute atomic E-state index is 13.8. The fourth-order valence-corrected chi connectivity index (χ4v) is 4.86. The lowest BCUT2D eigenvalue weighted by molar-refractivity contribution is 0.322. The maximum Gasteiger partial charge on any atom is 0.260 e. The lowest BCUT2D eigenvalue weighted by atomic mass is 10.0. The molecular weight excluding hydrogens is 465 g/mol. The fourth-order valence-electron chi connectivity index (χ4n) is 4.16. The van der Waals surface area contributed by atoms with Crippen LogP contribution in [0.3, 0.4) is 0 Å². The number of benzene rings is 1. The van der Waals surface area contributed by atoms with Crippen LogP contribution in [-0.4, -0.2) is 59.8 Å². The van der Waals surface area contributed by atoms with Crippen LogP contribution in [0.15, 0.2) is 23.1 Å². The van der Waals surface area contributed by atoms with Gasteiger partial charge in [-0.3, -0.25) is 9.36 Å². The van der Waals surface area contributed by atoms with Crippen molar-refractivity contribution in [3.63, 3.8) is 0 Å². The summed E-state index contributed by atoms with van der Waals surface area (Å²) < 4.78 is 12.5. The molecular formula is C23H27Cl2N5O3. The van der Waals surface area contributed by atoms with Crippen LogP contribution in [0.4, 0.5) is 5.95 Å². The quantitative estimate of drug-likeness (QED) is 0.502. The molecule has 176 valence electrons. The van der Waals surface area contributed by atoms with Crippen LogP contribution in [0.1, 0.15) is 19.8 Å². The Balaban J connectivity index is 1.94. The molecule has 1 saturated heterocycles. The Morgan fingerprint density at radius 3 is 2.33 bits per heavy atom. The van der Waals surface area contributed by atoms with Gasteiger partial charge in [-0.15, -0.1) is 0 Å². The van der Waals surface area contributed by atoms with Gasteiger partial charge >= 0.3 is 0 Å². The molecule has 0 atom stereocenters. The molecule has 3 heterocycles. The van der Waals surface area contributed by atoms with Crippen molar-refractivity contribution >= 4 is 40.2 Å². The molecule has 1 aliphatic heterocycles. The van der Waals surface area contributed by atoms with E-state index in [0.717, 1.165) is 19.6 Å². The zero-order valence-corrected chi connectivity index (χ0v) is 20.5. The van der Waals surface area contributed by atoms with Crippen LogP contribution >= 0.6 is 23.2 Å². The Morgan fingerprint density at radius 2 is 1.73 bits per heavy atom. The molecule has 1 N–H and O–H groups in total. The molecule has 1 aromatic carbocycles. The number of nitrogens with zero attached hydrogens (tertiary/aromatic N) is 4. The molecule has 33 heavy (non-hydrogen) atoms. The summed E-state index contributed by atoms with van der Waals surface area (Å²) in [5, 5.41) is 4.32. The molecule has 0 spiro atoms. The number of pyridine rings is 1. The molecule has 0 bridgehead atoms. The van der Waals surface area contributed by atoms with E-state index in [0.29, 0.717) is 52.7 Å². The molecule has 0 aliphatic carbocycles. The highest BCUT2D eigenvalue weighted by atomic mass is 35.5. The number of anilines is 1. The normalized spacial score (nSPS) is 14.1. The van der Waals surface area contributed by atoms with E-state index in [2.05, 4.69) is 20.2 Å². The number of hydrogen-bond donors (Lipinski definition) is 1. The van der Waals surface area contributed by atoms with Crippen molar-refractivity contribution in [1.82, 2.24) is 19.4 Å². The lowest BCUT2D eigenvalue weighted by Crippen LogP contribution is -2.30. The Bertz CT molecular complexity index is 1200. The monoisotopic (exact) mass is 491 g/mol. The number of ether oxygens (including phenoxy) is 2. The van der Waals surface area contributed by atoms with E-state index < -0.39 is 0 Å². The average Bonchev–Trinajstić information content (AvgIpc) is 3.33. The molecule has 8 nitrogen and oxygen atoms in total. The first kappa shape index (κ1) is 23.6. The third kappa shape index (κ3) is 4.60. The van der Waals surface area contributed by atoms with Crippen molar-refractivity contribution < 1.29 is 9.47 Å². The van der Waals surface area contributed by atoms with Gasteiger partial charge in [-0.25, -0.2) is 4.98 Å². The summed E-state index contributed by atoms with van der Waals surface area (Å²) >= 11 is 13.3. The highest BCUT2D eigenvalue weighted by Gasteiger charge is 2.23. The molecule has 0 unspecified atom stereocenters. The van der Waals surface area contributed by atoms with Gasteiger partial charge in [0.15, 0.2) is 0 Å². The summed E-state index contributed by atoms with van der Waals surface area (Å²) in [4.78, 5) is 25.2. The summed E-state index contributed by atoms with van der Waals surface area (Å²) in [6, 6.07) is 3.33. The molecule has 3 aromatic rings. The second-order valence-electron chi connectivity index (χ2n) is 7.85. The Hall–Kier alpha value is -2.55. The summed E-state index contributed by atoms with van der Waals surface area (Å²) in [5.41, 5.74) is 1.04. The fraction of sp³-hybridized carbons (Fsp3) is 0.435. The Kier molecular flexibility index (Phi) is 7.26. The van der Waals surface area contributed by atoms with Gasteiger partial charge in [0.1, 0.15) is 17.1 Å². The first-order valence-corrected chi connectivity index (χ1v) is 11.7. The second-order valence-corrected chi connectivity index (χ2v) is 8.61. The van der Waals surface area contributed by atoms with Crippen molar-refractivity contribution in [2.45, 2.75) is 26.3 Å². The zero-order valence-electron chi connectivity index (χ0n) is 19.0. The van der Waals surface area contributed by atoms with E-state index in [9.17, 15) is 4.79 Å². The van der Waals surface area contributed by atoms with Crippen molar-refractivity contribution in [3.8, 4) is 22.6 Å². The number of halogens is 2. The number of aromatic nitrogens is 3. The summed E-state index contributed by atoms with van der Waals surface area (Å²) in [6.07, 6.45) is 4.06. The van der Waals surface area contributed by atoms with Gasteiger partial charge in [-0.1, -0.05) is 23.2 Å². The first-order chi connectivity index (χ1) is 16.0. The summed E-state index contributed by atoms with van der Waals surface area (Å²) in [6.45, 7) is 5.96. The molecule has 2 aromatic heterocycles. The second kappa shape index (κ2) is 10.2. The van der Waals surface area contributed by atoms with Gasteiger partial charge in [0, 0.05) is 42.8 Å². The van der Waals surface area contributed by atoms with Crippen molar-refractivity contribution in [3.05, 3.63) is 38.7 Å². The highest BCUT2D eigenvalue weighted by molar-refractivity contribution is 6.41. The van der Waals surface area contributed by atoms with Gasteiger partial charge in [0.2, 0.25) is 5.95 Å². The zero-order chi connectivity index (χ0) is 23.5. The van der Waals surface area contributed by atoms with Gasteiger partial charge in [0.05, 0.1) is 29.8 Å². The van der Waals surface area contributed by atoms with Gasteiger partial charge in [0.25, 0.3) is 5.56 Å². The van der Waals surface area contributed by atoms with E-state index in [1.54, 1.807) is 22.9 Å². The van der Waals surface area contributed by atoms with Gasteiger partial charge in [-0.2, -0.15) is 4.98 Å². The Labute approximate surface area is 202 Å². The van der Waals surface area contributed by atoms with Crippen molar-refractivity contribution in [1.29, 1.82) is 0 Å². The molecule has 0 radical (unpaired) electrons. The van der Waals surface area contributed by atoms with E-state index >= 15 is 0 Å². The number of methoxy groups -OCH3 is 2. The smallest absolute Gasteiger partial charge is 0.260 e. The van der Waals surface area contributed by atoms with E-state index in [1.165, 1.54) is 27.1 Å². The number of nitrogens with one attached hydrogen (secondary N) is 1. The standard InChI is InChI=1S/C23H27Cl2N5O3/c1-4-26-23-27-13-14-11-15(18-19(24)16(32-2)12-17(33-3)20(18)25)22(31)30(21(14)28-23)10-9-29-7-5-6-8-29/h11-13H,4-10H2,1-3H3,(H,26,27,28). The summed E-state index contributed by atoms with van der Waals surface area (Å²) in [7, 11) is 3.01. The van der Waals surface area contributed by atoms with Gasteiger partial charge in [-0.05, 0) is 38.9 Å². The largest absolute Gasteiger partial charge is 0.495 e. The van der Waals surface area contributed by atoms with Crippen molar-refractivity contribution in [2.75, 3.05) is 45.7 Å². The van der Waals surface area contributed by atoms with Crippen molar-refractivity contribution in [2.24, 2.45) is 0 Å².